The Kier molecular flexibility index (Phi) is 3.01. The molecular weight excluding hydrogens is 262 g/mol. The van der Waals surface area contributed by atoms with Crippen LogP contribution in [0.1, 0.15) is 16.1 Å². The number of thiazole rings is 1. The van der Waals surface area contributed by atoms with Crippen LogP contribution in [0.5, 0.6) is 0 Å². The summed E-state index contributed by atoms with van der Waals surface area (Å²) in [5.74, 6) is 0. The minimum absolute atomic E-state index is 0.832. The van der Waals surface area contributed by atoms with Crippen LogP contribution in [0.25, 0.3) is 10.2 Å². The number of rotatable bonds is 3. The van der Waals surface area contributed by atoms with Crippen molar-refractivity contribution < 1.29 is 0 Å². The van der Waals surface area contributed by atoms with Crippen LogP contribution >= 0.6 is 22.9 Å². The first-order valence-corrected chi connectivity index (χ1v) is 7.38. The van der Waals surface area contributed by atoms with Gasteiger partial charge in [-0.3, -0.25) is 0 Å². The van der Waals surface area contributed by atoms with Crippen molar-refractivity contribution in [2.24, 2.45) is 0 Å². The fourth-order valence-corrected chi connectivity index (χ4v) is 3.34. The van der Waals surface area contributed by atoms with Crippen LogP contribution in [-0.4, -0.2) is 9.36 Å². The minimum Gasteiger partial charge on any atom is -0.381 e. The molecule has 0 radical (unpaired) electrons. The summed E-state index contributed by atoms with van der Waals surface area (Å²) in [5.41, 5.74) is 6.52. The summed E-state index contributed by atoms with van der Waals surface area (Å²) in [4.78, 5) is 5.57. The molecule has 0 saturated carbocycles. The summed E-state index contributed by atoms with van der Waals surface area (Å²) in [6, 6.07) is 6.28. The van der Waals surface area contributed by atoms with Crippen LogP contribution in [0.3, 0.4) is 0 Å². The highest BCUT2D eigenvalue weighted by Crippen LogP contribution is 2.23. The van der Waals surface area contributed by atoms with Gasteiger partial charge in [0.15, 0.2) is 0 Å². The molecule has 0 saturated heterocycles. The molecule has 2 heterocycles. The van der Waals surface area contributed by atoms with Gasteiger partial charge in [-0.05, 0) is 43.6 Å². The van der Waals surface area contributed by atoms with Crippen molar-refractivity contribution >= 4 is 38.8 Å². The maximum Gasteiger partial charge on any atom is 0.0813 e. The van der Waals surface area contributed by atoms with Gasteiger partial charge < -0.3 is 5.32 Å². The maximum absolute atomic E-state index is 4.36. The second kappa shape index (κ2) is 4.66. The molecule has 0 bridgehead atoms. The van der Waals surface area contributed by atoms with Crippen molar-refractivity contribution in [1.29, 1.82) is 0 Å². The van der Waals surface area contributed by atoms with E-state index in [0.717, 1.165) is 23.4 Å². The quantitative estimate of drug-likeness (QED) is 0.785. The molecule has 0 fully saturated rings. The molecule has 0 unspecified atom stereocenters. The summed E-state index contributed by atoms with van der Waals surface area (Å²) in [5, 5.41) is 3.46. The Hall–Kier alpha value is -1.46. The predicted molar refractivity (Wildman–Crippen MR) is 78.5 cm³/mol. The number of hydrogen-bond donors (Lipinski definition) is 1. The number of nitrogens with one attached hydrogen (secondary N) is 1. The smallest absolute Gasteiger partial charge is 0.0813 e. The van der Waals surface area contributed by atoms with Crippen molar-refractivity contribution in [3.05, 3.63) is 39.8 Å². The van der Waals surface area contributed by atoms with Crippen LogP contribution < -0.4 is 5.32 Å². The lowest BCUT2D eigenvalue weighted by molar-refractivity contribution is 1.10. The summed E-state index contributed by atoms with van der Waals surface area (Å²) in [6.07, 6.45) is 0. The number of anilines is 1. The number of aryl methyl sites for hydroxylation is 2. The Morgan fingerprint density at radius 1 is 1.28 bits per heavy atom. The van der Waals surface area contributed by atoms with Crippen LogP contribution in [0.2, 0.25) is 0 Å². The van der Waals surface area contributed by atoms with Gasteiger partial charge in [0.2, 0.25) is 0 Å². The van der Waals surface area contributed by atoms with Gasteiger partial charge in [0.05, 0.1) is 21.4 Å². The van der Waals surface area contributed by atoms with Crippen LogP contribution in [0.4, 0.5) is 5.69 Å². The lowest BCUT2D eigenvalue weighted by atomic mass is 10.2. The fraction of sp³-hybridized carbons (Fsp3) is 0.231. The van der Waals surface area contributed by atoms with Gasteiger partial charge in [-0.2, -0.15) is 4.37 Å². The third kappa shape index (κ3) is 2.11. The first-order chi connectivity index (χ1) is 8.74. The maximum atomic E-state index is 4.36. The third-order valence-corrected chi connectivity index (χ3v) is 4.66. The van der Waals surface area contributed by atoms with Gasteiger partial charge in [0.25, 0.3) is 0 Å². The summed E-state index contributed by atoms with van der Waals surface area (Å²) >= 11 is 3.24. The molecule has 0 atom stereocenters. The van der Waals surface area contributed by atoms with E-state index in [1.165, 1.54) is 15.1 Å². The molecule has 1 N–H and O–H groups in total. The molecular formula is C13H13N3S2. The Labute approximate surface area is 114 Å². The highest BCUT2D eigenvalue weighted by molar-refractivity contribution is 7.16. The van der Waals surface area contributed by atoms with Crippen LogP contribution in [0.15, 0.2) is 23.7 Å². The molecule has 0 aliphatic carbocycles. The summed E-state index contributed by atoms with van der Waals surface area (Å²) in [7, 11) is 0. The monoisotopic (exact) mass is 275 g/mol. The van der Waals surface area contributed by atoms with E-state index in [1.807, 2.05) is 5.51 Å². The van der Waals surface area contributed by atoms with Gasteiger partial charge in [-0.25, -0.2) is 4.98 Å². The molecule has 3 nitrogen and oxygen atoms in total. The molecule has 18 heavy (non-hydrogen) atoms. The largest absolute Gasteiger partial charge is 0.381 e. The highest BCUT2D eigenvalue weighted by atomic mass is 32.1. The minimum atomic E-state index is 0.832. The lowest BCUT2D eigenvalue weighted by Gasteiger charge is -2.06. The topological polar surface area (TPSA) is 37.8 Å². The van der Waals surface area contributed by atoms with Crippen LogP contribution in [0, 0.1) is 13.8 Å². The van der Waals surface area contributed by atoms with E-state index in [9.17, 15) is 0 Å². The first-order valence-electron chi connectivity index (χ1n) is 5.73. The van der Waals surface area contributed by atoms with Crippen LogP contribution in [-0.2, 0) is 6.54 Å². The highest BCUT2D eigenvalue weighted by Gasteiger charge is 2.06. The van der Waals surface area contributed by atoms with E-state index in [0.29, 0.717) is 0 Å². The number of aromatic nitrogens is 2. The Morgan fingerprint density at radius 3 is 2.94 bits per heavy atom. The number of benzene rings is 1. The van der Waals surface area contributed by atoms with Gasteiger partial charge in [0.1, 0.15) is 0 Å². The van der Waals surface area contributed by atoms with Crippen molar-refractivity contribution in [2.75, 3.05) is 5.32 Å². The molecule has 3 aromatic rings. The molecule has 0 aliphatic rings. The van der Waals surface area contributed by atoms with Gasteiger partial charge in [-0.15, -0.1) is 11.3 Å². The Bertz CT molecular complexity index is 665. The SMILES string of the molecule is Cc1nsc(C)c1CNc1ccc2ncsc2c1. The summed E-state index contributed by atoms with van der Waals surface area (Å²) < 4.78 is 5.58. The third-order valence-electron chi connectivity index (χ3n) is 2.98. The van der Waals surface area contributed by atoms with Crippen molar-refractivity contribution in [3.8, 4) is 0 Å². The Balaban J connectivity index is 1.80. The van der Waals surface area contributed by atoms with Crippen molar-refractivity contribution in [1.82, 2.24) is 9.36 Å². The van der Waals surface area contributed by atoms with Gasteiger partial charge >= 0.3 is 0 Å². The molecule has 3 rings (SSSR count). The second-order valence-corrected chi connectivity index (χ2v) is 6.06. The number of fused-ring (bicyclic) bond motifs is 1. The fourth-order valence-electron chi connectivity index (χ4n) is 1.91. The molecule has 0 spiro atoms. The summed E-state index contributed by atoms with van der Waals surface area (Å²) in [6.45, 7) is 5.01. The standard InChI is InChI=1S/C13H13N3S2/c1-8-11(9(2)18-16-8)6-14-10-3-4-12-13(5-10)17-7-15-12/h3-5,7,14H,6H2,1-2H3. The molecule has 5 heteroatoms. The zero-order chi connectivity index (χ0) is 12.5. The van der Waals surface area contributed by atoms with E-state index >= 15 is 0 Å². The van der Waals surface area contributed by atoms with Crippen molar-refractivity contribution in [2.45, 2.75) is 20.4 Å². The molecule has 0 amide bonds. The average molecular weight is 275 g/mol. The number of nitrogens with zero attached hydrogens (tertiary/aromatic N) is 2. The zero-order valence-corrected chi connectivity index (χ0v) is 11.9. The van der Waals surface area contributed by atoms with E-state index in [2.05, 4.69) is 46.7 Å². The first kappa shape index (κ1) is 11.6. The molecule has 0 aliphatic heterocycles. The zero-order valence-electron chi connectivity index (χ0n) is 10.2. The Morgan fingerprint density at radius 2 is 2.17 bits per heavy atom. The molecule has 2 aromatic heterocycles. The lowest BCUT2D eigenvalue weighted by Crippen LogP contribution is -2.00. The van der Waals surface area contributed by atoms with Gasteiger partial charge in [-0.1, -0.05) is 0 Å². The molecule has 92 valence electrons. The normalized spacial score (nSPS) is 11.0. The van der Waals surface area contributed by atoms with Gasteiger partial charge in [0, 0.05) is 22.7 Å². The van der Waals surface area contributed by atoms with E-state index in [-0.39, 0.29) is 0 Å². The predicted octanol–water partition coefficient (Wildman–Crippen LogP) is 3.98. The van der Waals surface area contributed by atoms with Crippen molar-refractivity contribution in [3.63, 3.8) is 0 Å². The molecule has 1 aromatic carbocycles. The second-order valence-electron chi connectivity index (χ2n) is 4.19. The average Bonchev–Trinajstić information content (AvgIpc) is 2.94. The number of hydrogen-bond acceptors (Lipinski definition) is 5. The van der Waals surface area contributed by atoms with E-state index < -0.39 is 0 Å². The van der Waals surface area contributed by atoms with E-state index in [4.69, 9.17) is 0 Å². The van der Waals surface area contributed by atoms with E-state index in [1.54, 1.807) is 22.9 Å².